The van der Waals surface area contributed by atoms with Crippen molar-refractivity contribution in [3.63, 3.8) is 0 Å². The molecule has 1 fully saturated rings. The molecule has 0 amide bonds. The number of hydrogen-bond acceptors (Lipinski definition) is 8. The van der Waals surface area contributed by atoms with Crippen LogP contribution in [0.5, 0.6) is 5.75 Å². The summed E-state index contributed by atoms with van der Waals surface area (Å²) in [4.78, 5) is 28.8. The predicted molar refractivity (Wildman–Crippen MR) is 132 cm³/mol. The van der Waals surface area contributed by atoms with Crippen LogP contribution in [0.3, 0.4) is 0 Å². The zero-order valence-electron chi connectivity index (χ0n) is 20.6. The number of rotatable bonds is 8. The first-order valence-corrected chi connectivity index (χ1v) is 12.1. The van der Waals surface area contributed by atoms with Crippen molar-refractivity contribution >= 4 is 11.8 Å². The van der Waals surface area contributed by atoms with Crippen molar-refractivity contribution in [3.8, 4) is 17.1 Å². The molecule has 3 heterocycles. The van der Waals surface area contributed by atoms with Gasteiger partial charge in [-0.15, -0.1) is 10.2 Å². The molecule has 0 spiro atoms. The number of hydrogen-bond donors (Lipinski definition) is 1. The third-order valence-electron chi connectivity index (χ3n) is 6.61. The zero-order chi connectivity index (χ0) is 25.9. The van der Waals surface area contributed by atoms with E-state index >= 15 is 0 Å². The van der Waals surface area contributed by atoms with E-state index in [9.17, 15) is 14.7 Å². The fourth-order valence-electron chi connectivity index (χ4n) is 4.58. The summed E-state index contributed by atoms with van der Waals surface area (Å²) in [6, 6.07) is 12.6. The normalized spacial score (nSPS) is 17.5. The molecule has 190 valence electrons. The lowest BCUT2D eigenvalue weighted by atomic mass is 9.87. The highest BCUT2D eigenvalue weighted by Crippen LogP contribution is 2.30. The molecule has 3 aromatic heterocycles. The molecule has 4 aromatic rings. The van der Waals surface area contributed by atoms with Gasteiger partial charge >= 0.3 is 5.97 Å². The summed E-state index contributed by atoms with van der Waals surface area (Å²) >= 11 is 0. The number of aromatic nitrogens is 7. The smallest absolute Gasteiger partial charge is 0.306 e. The Labute approximate surface area is 213 Å². The Balaban J connectivity index is 1.32. The van der Waals surface area contributed by atoms with Gasteiger partial charge in [0.15, 0.2) is 5.69 Å². The third kappa shape index (κ3) is 5.25. The molecule has 1 aliphatic rings. The molecular formula is C26H27N7O4. The second kappa shape index (κ2) is 10.3. The van der Waals surface area contributed by atoms with E-state index in [-0.39, 0.29) is 23.5 Å². The third-order valence-corrected chi connectivity index (χ3v) is 6.61. The standard InChI is InChI=1S/C26H27N7O4/c1-16-23(37-19-10-6-9-18(13-19)26(35)36)12-11-20(27-16)24-22(32(2)30-29-24)15-33-14-21(28-31-33)25(34)17-7-4-3-5-8-17/h3-5,7-8,11-12,14,18-19H,6,9-10,13,15H2,1-2H3,(H,35,36)/t18-,19-/m0/s1. The van der Waals surface area contributed by atoms with E-state index in [1.165, 1.54) is 0 Å². The highest BCUT2D eigenvalue weighted by atomic mass is 16.5. The fraction of sp³-hybridized carbons (Fsp3) is 0.346. The molecule has 37 heavy (non-hydrogen) atoms. The van der Waals surface area contributed by atoms with Crippen LogP contribution in [-0.2, 0) is 18.4 Å². The minimum Gasteiger partial charge on any atom is -0.489 e. The Hall–Kier alpha value is -4.41. The van der Waals surface area contributed by atoms with Crippen molar-refractivity contribution in [2.24, 2.45) is 13.0 Å². The molecule has 1 aliphatic carbocycles. The van der Waals surface area contributed by atoms with Gasteiger partial charge in [0, 0.05) is 12.6 Å². The Kier molecular flexibility index (Phi) is 6.76. The molecule has 1 aromatic carbocycles. The van der Waals surface area contributed by atoms with Crippen LogP contribution < -0.4 is 4.74 Å². The van der Waals surface area contributed by atoms with E-state index in [4.69, 9.17) is 9.72 Å². The molecule has 0 bridgehead atoms. The van der Waals surface area contributed by atoms with Gasteiger partial charge in [-0.3, -0.25) is 9.59 Å². The average molecular weight is 502 g/mol. The summed E-state index contributed by atoms with van der Waals surface area (Å²) < 4.78 is 9.35. The number of nitrogens with zero attached hydrogens (tertiary/aromatic N) is 7. The van der Waals surface area contributed by atoms with Crippen molar-refractivity contribution < 1.29 is 19.4 Å². The van der Waals surface area contributed by atoms with Gasteiger partial charge in [-0.1, -0.05) is 40.8 Å². The minimum atomic E-state index is -0.766. The van der Waals surface area contributed by atoms with Crippen LogP contribution in [0.15, 0.2) is 48.7 Å². The zero-order valence-corrected chi connectivity index (χ0v) is 20.6. The molecule has 1 saturated carbocycles. The Morgan fingerprint density at radius 3 is 2.65 bits per heavy atom. The highest BCUT2D eigenvalue weighted by Gasteiger charge is 2.28. The number of pyridine rings is 1. The highest BCUT2D eigenvalue weighted by molar-refractivity contribution is 6.07. The van der Waals surface area contributed by atoms with Gasteiger partial charge in [-0.25, -0.2) is 14.3 Å². The lowest BCUT2D eigenvalue weighted by Gasteiger charge is -2.27. The van der Waals surface area contributed by atoms with Crippen molar-refractivity contribution in [1.29, 1.82) is 0 Å². The Morgan fingerprint density at radius 1 is 1.08 bits per heavy atom. The molecule has 11 nitrogen and oxygen atoms in total. The number of aliphatic carboxylic acids is 1. The number of aryl methyl sites for hydroxylation is 2. The summed E-state index contributed by atoms with van der Waals surface area (Å²) in [5.74, 6) is -0.701. The Bertz CT molecular complexity index is 1430. The van der Waals surface area contributed by atoms with Crippen LogP contribution in [-0.4, -0.2) is 57.9 Å². The van der Waals surface area contributed by atoms with E-state index in [0.29, 0.717) is 47.8 Å². The molecular weight excluding hydrogens is 474 g/mol. The lowest BCUT2D eigenvalue weighted by Crippen LogP contribution is -2.29. The molecule has 5 rings (SSSR count). The number of carbonyl (C=O) groups is 2. The van der Waals surface area contributed by atoms with Gasteiger partial charge in [0.2, 0.25) is 5.78 Å². The largest absolute Gasteiger partial charge is 0.489 e. The molecule has 11 heteroatoms. The number of carboxylic acid groups (broad SMARTS) is 1. The first-order chi connectivity index (χ1) is 17.9. The number of carboxylic acids is 1. The summed E-state index contributed by atoms with van der Waals surface area (Å²) in [5.41, 5.74) is 3.45. The molecule has 0 saturated heterocycles. The first-order valence-electron chi connectivity index (χ1n) is 12.1. The van der Waals surface area contributed by atoms with Gasteiger partial charge in [-0.05, 0) is 44.7 Å². The SMILES string of the molecule is Cc1nc(-c2nnn(C)c2Cn2cc(C(=O)c3ccccc3)nn2)ccc1O[C@H]1CCC[C@H](C(=O)O)C1. The maximum Gasteiger partial charge on any atom is 0.306 e. The molecule has 1 N–H and O–H groups in total. The molecule has 0 radical (unpaired) electrons. The second-order valence-electron chi connectivity index (χ2n) is 9.23. The van der Waals surface area contributed by atoms with Gasteiger partial charge < -0.3 is 9.84 Å². The van der Waals surface area contributed by atoms with Crippen LogP contribution in [0.25, 0.3) is 11.4 Å². The number of ketones is 1. The van der Waals surface area contributed by atoms with Crippen LogP contribution >= 0.6 is 0 Å². The van der Waals surface area contributed by atoms with E-state index in [2.05, 4.69) is 20.6 Å². The maximum absolute atomic E-state index is 12.7. The predicted octanol–water partition coefficient (Wildman–Crippen LogP) is 3.08. The minimum absolute atomic E-state index is 0.145. The van der Waals surface area contributed by atoms with Gasteiger partial charge in [0.1, 0.15) is 11.4 Å². The summed E-state index contributed by atoms with van der Waals surface area (Å²) in [5, 5.41) is 26.0. The van der Waals surface area contributed by atoms with E-state index < -0.39 is 5.97 Å². The number of carbonyl (C=O) groups excluding carboxylic acids is 1. The average Bonchev–Trinajstić information content (AvgIpc) is 3.52. The Morgan fingerprint density at radius 2 is 1.89 bits per heavy atom. The van der Waals surface area contributed by atoms with Gasteiger partial charge in [-0.2, -0.15) is 0 Å². The van der Waals surface area contributed by atoms with Gasteiger partial charge in [0.25, 0.3) is 0 Å². The van der Waals surface area contributed by atoms with Crippen LogP contribution in [0.1, 0.15) is 53.1 Å². The monoisotopic (exact) mass is 501 g/mol. The molecule has 0 aliphatic heterocycles. The molecule has 0 unspecified atom stereocenters. The van der Waals surface area contributed by atoms with Crippen LogP contribution in [0.2, 0.25) is 0 Å². The van der Waals surface area contributed by atoms with Crippen LogP contribution in [0, 0.1) is 12.8 Å². The van der Waals surface area contributed by atoms with Crippen LogP contribution in [0.4, 0.5) is 0 Å². The summed E-state index contributed by atoms with van der Waals surface area (Å²) in [7, 11) is 1.78. The lowest BCUT2D eigenvalue weighted by molar-refractivity contribution is -0.143. The van der Waals surface area contributed by atoms with E-state index in [0.717, 1.165) is 18.5 Å². The van der Waals surface area contributed by atoms with E-state index in [1.54, 1.807) is 46.9 Å². The molecule has 2 atom stereocenters. The first kappa shape index (κ1) is 24.3. The van der Waals surface area contributed by atoms with Crippen molar-refractivity contribution in [2.45, 2.75) is 45.3 Å². The second-order valence-corrected chi connectivity index (χ2v) is 9.23. The summed E-state index contributed by atoms with van der Waals surface area (Å²) in [6.07, 6.45) is 4.30. The topological polar surface area (TPSA) is 138 Å². The van der Waals surface area contributed by atoms with E-state index in [1.807, 2.05) is 25.1 Å². The fourth-order valence-corrected chi connectivity index (χ4v) is 4.58. The van der Waals surface area contributed by atoms with Gasteiger partial charge in [0.05, 0.1) is 41.8 Å². The van der Waals surface area contributed by atoms with Crippen molar-refractivity contribution in [1.82, 2.24) is 35.0 Å². The number of benzene rings is 1. The maximum atomic E-state index is 12.7. The quantitative estimate of drug-likeness (QED) is 0.361. The number of ether oxygens (including phenoxy) is 1. The van der Waals surface area contributed by atoms with Crippen molar-refractivity contribution in [3.05, 3.63) is 71.3 Å². The van der Waals surface area contributed by atoms with Crippen molar-refractivity contribution in [2.75, 3.05) is 0 Å². The summed E-state index contributed by atoms with van der Waals surface area (Å²) in [6.45, 7) is 2.15.